The van der Waals surface area contributed by atoms with Crippen molar-refractivity contribution in [2.45, 2.75) is 77.2 Å². The van der Waals surface area contributed by atoms with E-state index in [1.807, 2.05) is 0 Å². The minimum atomic E-state index is -0.364. The SMILES string of the molecule is CC(O)CCC(=O)CCCCCCCCC=O. The Bertz CT molecular complexity index is 200. The highest BCUT2D eigenvalue weighted by molar-refractivity contribution is 5.78. The van der Waals surface area contributed by atoms with E-state index in [2.05, 4.69) is 0 Å². The smallest absolute Gasteiger partial charge is 0.133 e. The first kappa shape index (κ1) is 16.3. The van der Waals surface area contributed by atoms with Crippen molar-refractivity contribution < 1.29 is 14.7 Å². The summed E-state index contributed by atoms with van der Waals surface area (Å²) in [5, 5.41) is 9.04. The highest BCUT2D eigenvalue weighted by atomic mass is 16.3. The highest BCUT2D eigenvalue weighted by Crippen LogP contribution is 2.09. The van der Waals surface area contributed by atoms with Crippen LogP contribution in [-0.4, -0.2) is 23.3 Å². The lowest BCUT2D eigenvalue weighted by molar-refractivity contribution is -0.119. The van der Waals surface area contributed by atoms with Crippen molar-refractivity contribution in [3.05, 3.63) is 0 Å². The molecule has 1 unspecified atom stereocenters. The number of aldehydes is 1. The molecule has 0 spiro atoms. The van der Waals surface area contributed by atoms with E-state index in [4.69, 9.17) is 5.11 Å². The molecule has 0 radical (unpaired) electrons. The lowest BCUT2D eigenvalue weighted by Crippen LogP contribution is -2.05. The molecular formula is C14H26O3. The maximum Gasteiger partial charge on any atom is 0.133 e. The van der Waals surface area contributed by atoms with E-state index < -0.39 is 0 Å². The van der Waals surface area contributed by atoms with Gasteiger partial charge >= 0.3 is 0 Å². The molecule has 1 atom stereocenters. The summed E-state index contributed by atoms with van der Waals surface area (Å²) < 4.78 is 0. The van der Waals surface area contributed by atoms with Gasteiger partial charge in [-0.2, -0.15) is 0 Å². The van der Waals surface area contributed by atoms with Crippen LogP contribution in [0.2, 0.25) is 0 Å². The first-order valence-corrected chi connectivity index (χ1v) is 6.80. The molecule has 0 saturated carbocycles. The second-order valence-corrected chi connectivity index (χ2v) is 4.75. The van der Waals surface area contributed by atoms with Gasteiger partial charge in [0.25, 0.3) is 0 Å². The average molecular weight is 242 g/mol. The molecule has 17 heavy (non-hydrogen) atoms. The topological polar surface area (TPSA) is 54.4 Å². The van der Waals surface area contributed by atoms with Crippen molar-refractivity contribution in [3.8, 4) is 0 Å². The first-order chi connectivity index (χ1) is 8.16. The molecule has 0 aliphatic carbocycles. The number of rotatable bonds is 12. The Hall–Kier alpha value is -0.700. The van der Waals surface area contributed by atoms with Crippen LogP contribution in [0.4, 0.5) is 0 Å². The summed E-state index contributed by atoms with van der Waals surface area (Å²) in [6, 6.07) is 0. The van der Waals surface area contributed by atoms with E-state index in [-0.39, 0.29) is 11.9 Å². The fraction of sp³-hybridized carbons (Fsp3) is 0.857. The van der Waals surface area contributed by atoms with Crippen molar-refractivity contribution >= 4 is 12.1 Å². The number of Topliss-reactive ketones (excluding diaryl/α,β-unsaturated/α-hetero) is 1. The molecular weight excluding hydrogens is 216 g/mol. The van der Waals surface area contributed by atoms with E-state index in [9.17, 15) is 9.59 Å². The molecule has 0 aromatic heterocycles. The molecule has 0 aliphatic rings. The van der Waals surface area contributed by atoms with Crippen LogP contribution in [-0.2, 0) is 9.59 Å². The van der Waals surface area contributed by atoms with Gasteiger partial charge in [0.15, 0.2) is 0 Å². The Morgan fingerprint density at radius 3 is 2.24 bits per heavy atom. The van der Waals surface area contributed by atoms with Gasteiger partial charge < -0.3 is 9.90 Å². The highest BCUT2D eigenvalue weighted by Gasteiger charge is 2.04. The first-order valence-electron chi connectivity index (χ1n) is 6.80. The van der Waals surface area contributed by atoms with E-state index in [1.165, 1.54) is 0 Å². The minimum Gasteiger partial charge on any atom is -0.393 e. The predicted octanol–water partition coefficient (Wildman–Crippen LogP) is 3.04. The van der Waals surface area contributed by atoms with Crippen molar-refractivity contribution in [3.63, 3.8) is 0 Å². The Morgan fingerprint density at radius 2 is 1.65 bits per heavy atom. The van der Waals surface area contributed by atoms with E-state index >= 15 is 0 Å². The Labute approximate surface area is 105 Å². The molecule has 0 fully saturated rings. The van der Waals surface area contributed by atoms with Crippen LogP contribution in [0.3, 0.4) is 0 Å². The largest absolute Gasteiger partial charge is 0.393 e. The number of aliphatic hydroxyl groups excluding tert-OH is 1. The Kier molecular flexibility index (Phi) is 11.3. The molecule has 1 N–H and O–H groups in total. The molecule has 100 valence electrons. The third-order valence-electron chi connectivity index (χ3n) is 2.87. The number of unbranched alkanes of at least 4 members (excludes halogenated alkanes) is 6. The molecule has 3 heteroatoms. The van der Waals surface area contributed by atoms with Crippen LogP contribution in [0, 0.1) is 0 Å². The summed E-state index contributed by atoms with van der Waals surface area (Å²) in [5.41, 5.74) is 0. The van der Waals surface area contributed by atoms with Crippen molar-refractivity contribution in [2.24, 2.45) is 0 Å². The summed E-state index contributed by atoms with van der Waals surface area (Å²) in [4.78, 5) is 21.4. The third kappa shape index (κ3) is 13.2. The number of carbonyl (C=O) groups is 2. The Morgan fingerprint density at radius 1 is 1.06 bits per heavy atom. The number of hydrogen-bond acceptors (Lipinski definition) is 3. The lowest BCUT2D eigenvalue weighted by Gasteiger charge is -2.03. The van der Waals surface area contributed by atoms with Gasteiger partial charge in [0.1, 0.15) is 12.1 Å². The number of aliphatic hydroxyl groups is 1. The van der Waals surface area contributed by atoms with Gasteiger partial charge in [0.05, 0.1) is 6.10 Å². The second kappa shape index (κ2) is 11.8. The van der Waals surface area contributed by atoms with Gasteiger partial charge in [-0.1, -0.05) is 25.7 Å². The quantitative estimate of drug-likeness (QED) is 0.423. The lowest BCUT2D eigenvalue weighted by atomic mass is 10.0. The predicted molar refractivity (Wildman–Crippen MR) is 68.9 cm³/mol. The van der Waals surface area contributed by atoms with Crippen LogP contribution in [0.25, 0.3) is 0 Å². The van der Waals surface area contributed by atoms with Gasteiger partial charge in [-0.25, -0.2) is 0 Å². The molecule has 0 rings (SSSR count). The van der Waals surface area contributed by atoms with Crippen LogP contribution >= 0.6 is 0 Å². The van der Waals surface area contributed by atoms with Gasteiger partial charge in [-0.15, -0.1) is 0 Å². The monoisotopic (exact) mass is 242 g/mol. The zero-order chi connectivity index (χ0) is 12.9. The molecule has 0 aromatic rings. The minimum absolute atomic E-state index is 0.270. The normalized spacial score (nSPS) is 12.4. The van der Waals surface area contributed by atoms with E-state index in [1.54, 1.807) is 6.92 Å². The summed E-state index contributed by atoms with van der Waals surface area (Å²) >= 11 is 0. The zero-order valence-corrected chi connectivity index (χ0v) is 11.0. The van der Waals surface area contributed by atoms with E-state index in [0.29, 0.717) is 25.7 Å². The molecule has 0 amide bonds. The summed E-state index contributed by atoms with van der Waals surface area (Å²) in [5.74, 6) is 0.270. The molecule has 0 heterocycles. The molecule has 3 nitrogen and oxygen atoms in total. The average Bonchev–Trinajstić information content (AvgIpc) is 2.30. The van der Waals surface area contributed by atoms with Crippen LogP contribution in [0.15, 0.2) is 0 Å². The van der Waals surface area contributed by atoms with Crippen molar-refractivity contribution in [1.82, 2.24) is 0 Å². The van der Waals surface area contributed by atoms with Crippen molar-refractivity contribution in [2.75, 3.05) is 0 Å². The molecule has 0 aromatic carbocycles. The number of hydrogen-bond donors (Lipinski definition) is 1. The van der Waals surface area contributed by atoms with Gasteiger partial charge in [-0.05, 0) is 26.2 Å². The van der Waals surface area contributed by atoms with Crippen LogP contribution in [0.5, 0.6) is 0 Å². The second-order valence-electron chi connectivity index (χ2n) is 4.75. The fourth-order valence-corrected chi connectivity index (χ4v) is 1.75. The zero-order valence-electron chi connectivity index (χ0n) is 11.0. The van der Waals surface area contributed by atoms with Crippen LogP contribution < -0.4 is 0 Å². The molecule has 0 aliphatic heterocycles. The van der Waals surface area contributed by atoms with Gasteiger partial charge in [-0.3, -0.25) is 4.79 Å². The van der Waals surface area contributed by atoms with Crippen molar-refractivity contribution in [1.29, 1.82) is 0 Å². The van der Waals surface area contributed by atoms with E-state index in [0.717, 1.165) is 44.8 Å². The van der Waals surface area contributed by atoms with Gasteiger partial charge in [0.2, 0.25) is 0 Å². The summed E-state index contributed by atoms with van der Waals surface area (Å²) in [6.45, 7) is 1.71. The maximum absolute atomic E-state index is 11.4. The molecule has 0 bridgehead atoms. The van der Waals surface area contributed by atoms with Gasteiger partial charge in [0, 0.05) is 19.3 Å². The number of ketones is 1. The standard InChI is InChI=1S/C14H26O3/c1-13(16)10-11-14(17)9-7-5-3-2-4-6-8-12-15/h12-13,16H,2-11H2,1H3. The summed E-state index contributed by atoms with van der Waals surface area (Å²) in [7, 11) is 0. The summed E-state index contributed by atoms with van der Waals surface area (Å²) in [6.07, 6.45) is 9.54. The Balaban J connectivity index is 3.16. The number of carbonyl (C=O) groups excluding carboxylic acids is 2. The fourth-order valence-electron chi connectivity index (χ4n) is 1.75. The molecule has 0 saturated heterocycles. The third-order valence-corrected chi connectivity index (χ3v) is 2.87. The van der Waals surface area contributed by atoms with Crippen LogP contribution in [0.1, 0.15) is 71.1 Å². The maximum atomic E-state index is 11.4.